The highest BCUT2D eigenvalue weighted by atomic mass is 15.1. The third kappa shape index (κ3) is 4.14. The van der Waals surface area contributed by atoms with Crippen LogP contribution in [0.4, 0.5) is 0 Å². The second-order valence-electron chi connectivity index (χ2n) is 4.64. The van der Waals surface area contributed by atoms with E-state index in [0.29, 0.717) is 5.92 Å². The fourth-order valence-electron chi connectivity index (χ4n) is 1.81. The molecule has 0 aliphatic carbocycles. The molecule has 0 radical (unpaired) electrons. The maximum absolute atomic E-state index is 5.53. The van der Waals surface area contributed by atoms with Gasteiger partial charge in [0.1, 0.15) is 0 Å². The number of nitrogens with zero attached hydrogens (tertiary/aromatic N) is 2. The van der Waals surface area contributed by atoms with Gasteiger partial charge in [-0.3, -0.25) is 4.99 Å². The van der Waals surface area contributed by atoms with Crippen molar-refractivity contribution in [3.8, 4) is 0 Å². The van der Waals surface area contributed by atoms with Crippen molar-refractivity contribution >= 4 is 5.71 Å². The number of hydrogen-bond donors (Lipinski definition) is 1. The lowest BCUT2D eigenvalue weighted by atomic mass is 10.0. The molecule has 0 atom stereocenters. The summed E-state index contributed by atoms with van der Waals surface area (Å²) >= 11 is 0. The van der Waals surface area contributed by atoms with E-state index in [4.69, 9.17) is 5.73 Å². The van der Waals surface area contributed by atoms with Crippen LogP contribution in [0.2, 0.25) is 0 Å². The Morgan fingerprint density at radius 1 is 1.53 bits per heavy atom. The number of rotatable bonds is 6. The Hall–Kier alpha value is -0.670. The molecule has 0 aromatic carbocycles. The lowest BCUT2D eigenvalue weighted by Crippen LogP contribution is -2.29. The highest BCUT2D eigenvalue weighted by Gasteiger charge is 2.14. The van der Waals surface area contributed by atoms with Crippen LogP contribution in [0.15, 0.2) is 16.6 Å². The SMILES string of the molecule is CC(C)CC1=NCC=C1CN(C)CCN. The van der Waals surface area contributed by atoms with E-state index >= 15 is 0 Å². The minimum Gasteiger partial charge on any atom is -0.329 e. The summed E-state index contributed by atoms with van der Waals surface area (Å²) in [5.74, 6) is 0.685. The average molecular weight is 209 g/mol. The first-order chi connectivity index (χ1) is 7.13. The van der Waals surface area contributed by atoms with Crippen molar-refractivity contribution in [1.29, 1.82) is 0 Å². The fraction of sp³-hybridized carbons (Fsp3) is 0.750. The van der Waals surface area contributed by atoms with E-state index in [9.17, 15) is 0 Å². The molecular weight excluding hydrogens is 186 g/mol. The summed E-state index contributed by atoms with van der Waals surface area (Å²) in [5.41, 5.74) is 8.23. The smallest absolute Gasteiger partial charge is 0.0580 e. The Labute approximate surface area is 93.1 Å². The van der Waals surface area contributed by atoms with Gasteiger partial charge in [0.15, 0.2) is 0 Å². The maximum Gasteiger partial charge on any atom is 0.0580 e. The maximum atomic E-state index is 5.53. The van der Waals surface area contributed by atoms with Gasteiger partial charge in [0.2, 0.25) is 0 Å². The molecule has 1 rings (SSSR count). The Morgan fingerprint density at radius 2 is 2.27 bits per heavy atom. The Morgan fingerprint density at radius 3 is 2.87 bits per heavy atom. The largest absolute Gasteiger partial charge is 0.329 e. The van der Waals surface area contributed by atoms with E-state index in [2.05, 4.69) is 36.9 Å². The Bertz CT molecular complexity index is 254. The minimum atomic E-state index is 0.685. The molecule has 2 N–H and O–H groups in total. The zero-order chi connectivity index (χ0) is 11.3. The van der Waals surface area contributed by atoms with E-state index in [0.717, 1.165) is 32.6 Å². The van der Waals surface area contributed by atoms with E-state index in [1.54, 1.807) is 0 Å². The number of aliphatic imine (C=N–C) groups is 1. The zero-order valence-corrected chi connectivity index (χ0v) is 10.2. The summed E-state index contributed by atoms with van der Waals surface area (Å²) in [4.78, 5) is 6.79. The van der Waals surface area contributed by atoms with Crippen LogP contribution in [-0.2, 0) is 0 Å². The van der Waals surface area contributed by atoms with Gasteiger partial charge in [-0.15, -0.1) is 0 Å². The van der Waals surface area contributed by atoms with Crippen molar-refractivity contribution in [1.82, 2.24) is 4.90 Å². The average Bonchev–Trinajstić information content (AvgIpc) is 2.52. The van der Waals surface area contributed by atoms with Crippen molar-refractivity contribution in [2.45, 2.75) is 20.3 Å². The molecule has 0 saturated carbocycles. The second kappa shape index (κ2) is 6.03. The molecule has 0 bridgehead atoms. The normalized spacial score (nSPS) is 16.1. The molecule has 0 aromatic heterocycles. The molecule has 0 unspecified atom stereocenters. The molecule has 0 saturated heterocycles. The van der Waals surface area contributed by atoms with Gasteiger partial charge in [-0.1, -0.05) is 19.9 Å². The number of hydrogen-bond acceptors (Lipinski definition) is 3. The van der Waals surface area contributed by atoms with Gasteiger partial charge < -0.3 is 10.6 Å². The van der Waals surface area contributed by atoms with Crippen molar-refractivity contribution in [3.63, 3.8) is 0 Å². The van der Waals surface area contributed by atoms with E-state index < -0.39 is 0 Å². The van der Waals surface area contributed by atoms with Gasteiger partial charge in [-0.25, -0.2) is 0 Å². The molecule has 0 aromatic rings. The molecule has 86 valence electrons. The third-order valence-corrected chi connectivity index (χ3v) is 2.54. The van der Waals surface area contributed by atoms with E-state index in [-0.39, 0.29) is 0 Å². The predicted octanol–water partition coefficient (Wildman–Crippen LogP) is 1.30. The van der Waals surface area contributed by atoms with Gasteiger partial charge in [0.05, 0.1) is 6.54 Å². The van der Waals surface area contributed by atoms with Crippen molar-refractivity contribution in [2.75, 3.05) is 33.2 Å². The van der Waals surface area contributed by atoms with E-state index in [1.807, 2.05) is 0 Å². The first kappa shape index (κ1) is 12.4. The van der Waals surface area contributed by atoms with Gasteiger partial charge in [-0.05, 0) is 25.0 Å². The van der Waals surface area contributed by atoms with Gasteiger partial charge in [-0.2, -0.15) is 0 Å². The first-order valence-corrected chi connectivity index (χ1v) is 5.74. The summed E-state index contributed by atoms with van der Waals surface area (Å²) < 4.78 is 0. The van der Waals surface area contributed by atoms with Crippen LogP contribution in [0.1, 0.15) is 20.3 Å². The molecular formula is C12H23N3. The van der Waals surface area contributed by atoms with Gasteiger partial charge in [0.25, 0.3) is 0 Å². The number of likely N-dealkylation sites (N-methyl/N-ethyl adjacent to an activating group) is 1. The summed E-state index contributed by atoms with van der Waals surface area (Å²) in [7, 11) is 2.11. The Balaban J connectivity index is 2.45. The van der Waals surface area contributed by atoms with Gasteiger partial charge in [0, 0.05) is 25.3 Å². The second-order valence-corrected chi connectivity index (χ2v) is 4.64. The van der Waals surface area contributed by atoms with Crippen LogP contribution in [0.3, 0.4) is 0 Å². The van der Waals surface area contributed by atoms with Crippen LogP contribution in [-0.4, -0.2) is 43.8 Å². The van der Waals surface area contributed by atoms with Crippen LogP contribution in [0.25, 0.3) is 0 Å². The third-order valence-electron chi connectivity index (χ3n) is 2.54. The molecule has 3 nitrogen and oxygen atoms in total. The summed E-state index contributed by atoms with van der Waals surface area (Å²) in [6, 6.07) is 0. The summed E-state index contributed by atoms with van der Waals surface area (Å²) in [6.45, 7) is 8.01. The van der Waals surface area contributed by atoms with Crippen molar-refractivity contribution in [2.24, 2.45) is 16.6 Å². The molecule has 1 aliphatic heterocycles. The summed E-state index contributed by atoms with van der Waals surface area (Å²) in [6.07, 6.45) is 3.34. The van der Waals surface area contributed by atoms with Crippen LogP contribution < -0.4 is 5.73 Å². The molecule has 3 heteroatoms. The minimum absolute atomic E-state index is 0.685. The lowest BCUT2D eigenvalue weighted by molar-refractivity contribution is 0.376. The number of nitrogens with two attached hydrogens (primary N) is 1. The molecule has 1 heterocycles. The first-order valence-electron chi connectivity index (χ1n) is 5.74. The predicted molar refractivity (Wildman–Crippen MR) is 66.4 cm³/mol. The van der Waals surface area contributed by atoms with Crippen LogP contribution >= 0.6 is 0 Å². The molecule has 15 heavy (non-hydrogen) atoms. The van der Waals surface area contributed by atoms with Crippen LogP contribution in [0, 0.1) is 5.92 Å². The van der Waals surface area contributed by atoms with Gasteiger partial charge >= 0.3 is 0 Å². The highest BCUT2D eigenvalue weighted by Crippen LogP contribution is 2.15. The fourth-order valence-corrected chi connectivity index (χ4v) is 1.81. The summed E-state index contributed by atoms with van der Waals surface area (Å²) in [5, 5.41) is 0. The topological polar surface area (TPSA) is 41.6 Å². The molecule has 0 amide bonds. The molecule has 0 fully saturated rings. The highest BCUT2D eigenvalue weighted by molar-refractivity contribution is 6.02. The quantitative estimate of drug-likeness (QED) is 0.716. The van der Waals surface area contributed by atoms with Crippen LogP contribution in [0.5, 0.6) is 0 Å². The zero-order valence-electron chi connectivity index (χ0n) is 10.2. The molecule has 1 aliphatic rings. The standard InChI is InChI=1S/C12H23N3/c1-10(2)8-12-11(4-6-14-12)9-15(3)7-5-13/h4,10H,5-9,13H2,1-3H3. The van der Waals surface area contributed by atoms with E-state index in [1.165, 1.54) is 11.3 Å². The molecule has 0 spiro atoms. The monoisotopic (exact) mass is 209 g/mol. The van der Waals surface area contributed by atoms with Crippen molar-refractivity contribution in [3.05, 3.63) is 11.6 Å². The van der Waals surface area contributed by atoms with Crippen molar-refractivity contribution < 1.29 is 0 Å². The Kier molecular flexibility index (Phi) is 4.99. The lowest BCUT2D eigenvalue weighted by Gasteiger charge is -2.18.